The maximum atomic E-state index is 13.6. The molecule has 0 saturated carbocycles. The molecule has 0 spiro atoms. The molecule has 0 bridgehead atoms. The highest BCUT2D eigenvalue weighted by molar-refractivity contribution is 6.34. The molecule has 11 heteroatoms. The Kier molecular flexibility index (Phi) is 8.66. The van der Waals surface area contributed by atoms with E-state index >= 15 is 0 Å². The van der Waals surface area contributed by atoms with Crippen LogP contribution >= 0.6 is 0 Å². The summed E-state index contributed by atoms with van der Waals surface area (Å²) >= 11 is 0. The number of rotatable bonds is 4. The molecule has 0 heterocycles. The molecule has 2 N–H and O–H groups in total. The lowest BCUT2D eigenvalue weighted by Crippen LogP contribution is -2.22. The van der Waals surface area contributed by atoms with Gasteiger partial charge in [-0.3, -0.25) is 0 Å². The van der Waals surface area contributed by atoms with Crippen molar-refractivity contribution in [2.24, 2.45) is 0 Å². The molecule has 0 radical (unpaired) electrons. The van der Waals surface area contributed by atoms with Gasteiger partial charge in [0.15, 0.2) is 40.7 Å². The van der Waals surface area contributed by atoms with Gasteiger partial charge in [-0.15, -0.1) is 0 Å². The Morgan fingerprint density at radius 2 is 1.07 bits per heavy atom. The van der Waals surface area contributed by atoms with E-state index in [1.54, 1.807) is 0 Å². The van der Waals surface area contributed by atoms with Gasteiger partial charge in [0.1, 0.15) is 5.57 Å². The van der Waals surface area contributed by atoms with E-state index in [1.807, 2.05) is 0 Å². The normalized spacial score (nSPS) is 12.1. The van der Waals surface area contributed by atoms with Crippen LogP contribution in [0.1, 0.15) is 11.1 Å². The molecule has 0 unspecified atom stereocenters. The second-order valence-corrected chi connectivity index (χ2v) is 8.19. The lowest BCUT2D eigenvalue weighted by atomic mass is 9.90. The minimum Gasteiger partial charge on any atom is -0.509 e. The first-order valence-electron chi connectivity index (χ1n) is 11.5. The minimum absolute atomic E-state index is 1.25. The van der Waals surface area contributed by atoms with Crippen LogP contribution in [0.15, 0.2) is 90.5 Å². The zero-order chi connectivity index (χ0) is 29.0. The average molecular weight is 557 g/mol. The maximum Gasteiger partial charge on any atom is 0.707 e. The van der Waals surface area contributed by atoms with Crippen LogP contribution in [0.3, 0.4) is 0 Å². The highest BCUT2D eigenvalue weighted by Crippen LogP contribution is 2.39. The molecule has 4 aromatic carbocycles. The van der Waals surface area contributed by atoms with Crippen LogP contribution < -0.4 is 4.65 Å². The molecule has 4 aromatic rings. The Balaban J connectivity index is 0.000000186. The first-order valence-corrected chi connectivity index (χ1v) is 11.5. The number of hydrogen-bond acceptors (Lipinski definition) is 3. The van der Waals surface area contributed by atoms with E-state index in [2.05, 4.69) is 96.0 Å². The quantitative estimate of drug-likeness (QED) is 0.0937. The topological polar surface area (TPSA) is 49.7 Å². The second kappa shape index (κ2) is 12.1. The summed E-state index contributed by atoms with van der Waals surface area (Å²) in [4.78, 5) is 0. The highest BCUT2D eigenvalue weighted by Gasteiger charge is 2.32. The molecule has 1 aliphatic carbocycles. The Hall–Kier alpha value is -4.48. The van der Waals surface area contributed by atoms with Gasteiger partial charge in [-0.1, -0.05) is 36.4 Å². The van der Waals surface area contributed by atoms with E-state index in [4.69, 9.17) is 10.0 Å². The van der Waals surface area contributed by atoms with Crippen molar-refractivity contribution in [2.45, 2.75) is 0 Å². The SMILES string of the molecule is C1=C[CH+]C(=C(c2ccccc2)c2ccccc2)C=C1.OB(O)Oc1c(F)c(F)c(F)c2c(F)c(F)c(F)c(F)c12. The van der Waals surface area contributed by atoms with Crippen LogP contribution in [0.2, 0.25) is 0 Å². The predicted molar refractivity (Wildman–Crippen MR) is 136 cm³/mol. The van der Waals surface area contributed by atoms with Crippen molar-refractivity contribution in [1.82, 2.24) is 0 Å². The van der Waals surface area contributed by atoms with Crippen molar-refractivity contribution in [1.29, 1.82) is 0 Å². The molecule has 0 aromatic heterocycles. The third-order valence-electron chi connectivity index (χ3n) is 5.71. The van der Waals surface area contributed by atoms with Gasteiger partial charge in [-0.2, -0.15) is 4.39 Å². The molecule has 40 heavy (non-hydrogen) atoms. The molecule has 202 valence electrons. The summed E-state index contributed by atoms with van der Waals surface area (Å²) in [6, 6.07) is 21.1. The second-order valence-electron chi connectivity index (χ2n) is 8.19. The molecule has 0 saturated heterocycles. The molecule has 0 atom stereocenters. The average Bonchev–Trinajstić information content (AvgIpc) is 2.97. The van der Waals surface area contributed by atoms with Crippen molar-refractivity contribution in [3.63, 3.8) is 0 Å². The first-order chi connectivity index (χ1) is 19.1. The summed E-state index contributed by atoms with van der Waals surface area (Å²) < 4.78 is 97.1. The van der Waals surface area contributed by atoms with Crippen LogP contribution in [-0.4, -0.2) is 17.4 Å². The molecular weight excluding hydrogens is 540 g/mol. The molecule has 0 fully saturated rings. The van der Waals surface area contributed by atoms with Gasteiger partial charge in [-0.25, -0.2) is 26.3 Å². The smallest absolute Gasteiger partial charge is 0.509 e. The largest absolute Gasteiger partial charge is 0.707 e. The lowest BCUT2D eigenvalue weighted by Gasteiger charge is -2.13. The monoisotopic (exact) mass is 557 g/mol. The number of fused-ring (bicyclic) bond motifs is 1. The number of benzene rings is 4. The van der Waals surface area contributed by atoms with E-state index < -0.39 is 64.6 Å². The number of hydrogen-bond donors (Lipinski definition) is 2. The van der Waals surface area contributed by atoms with E-state index in [0.29, 0.717) is 0 Å². The van der Waals surface area contributed by atoms with Crippen LogP contribution in [0, 0.1) is 47.1 Å². The van der Waals surface area contributed by atoms with Crippen molar-refractivity contribution in [3.8, 4) is 5.75 Å². The molecule has 0 aliphatic heterocycles. The summed E-state index contributed by atoms with van der Waals surface area (Å²) in [6.07, 6.45) is 10.5. The van der Waals surface area contributed by atoms with Gasteiger partial charge in [0, 0.05) is 41.9 Å². The van der Waals surface area contributed by atoms with E-state index in [1.165, 1.54) is 22.3 Å². The zero-order valence-electron chi connectivity index (χ0n) is 20.2. The zero-order valence-corrected chi connectivity index (χ0v) is 20.2. The van der Waals surface area contributed by atoms with Crippen molar-refractivity contribution < 1.29 is 45.4 Å². The van der Waals surface area contributed by atoms with Crippen LogP contribution in [0.5, 0.6) is 5.75 Å². The first kappa shape index (κ1) is 28.5. The van der Waals surface area contributed by atoms with Gasteiger partial charge < -0.3 is 14.7 Å². The Bertz CT molecular complexity index is 1590. The molecule has 3 nitrogen and oxygen atoms in total. The highest BCUT2D eigenvalue weighted by atomic mass is 19.2. The fourth-order valence-electron chi connectivity index (χ4n) is 4.00. The van der Waals surface area contributed by atoms with E-state index in [0.717, 1.165) is 0 Å². The molecule has 5 rings (SSSR count). The van der Waals surface area contributed by atoms with Gasteiger partial charge >= 0.3 is 7.32 Å². The van der Waals surface area contributed by atoms with Gasteiger partial charge in [0.2, 0.25) is 5.82 Å². The van der Waals surface area contributed by atoms with Crippen molar-refractivity contribution >= 4 is 23.7 Å². The van der Waals surface area contributed by atoms with Crippen molar-refractivity contribution in [2.75, 3.05) is 0 Å². The standard InChI is InChI=1S/C19H15.C10H2BF7O3/c1-4-10-16(11-5-1)19(17-12-6-2-7-13-17)18-14-8-3-9-15-18;12-3-1-2(5(14)7(16)6(3)15)10(21-11(19)20)9(18)8(17)4(1)13/h1-15H;19-20H/q+1;. The van der Waals surface area contributed by atoms with Gasteiger partial charge in [0.25, 0.3) is 0 Å². The summed E-state index contributed by atoms with van der Waals surface area (Å²) in [5.41, 5.74) is 5.03. The molecular formula is C29H17BF7O3+. The predicted octanol–water partition coefficient (Wildman–Crippen LogP) is 6.98. The minimum atomic E-state index is -2.84. The van der Waals surface area contributed by atoms with Crippen molar-refractivity contribution in [3.05, 3.63) is 149 Å². The summed E-state index contributed by atoms with van der Waals surface area (Å²) in [5, 5.41) is 13.6. The van der Waals surface area contributed by atoms with E-state index in [-0.39, 0.29) is 0 Å². The number of allylic oxidation sites excluding steroid dienone is 5. The van der Waals surface area contributed by atoms with Gasteiger partial charge in [0.05, 0.1) is 16.3 Å². The third kappa shape index (κ3) is 5.61. The summed E-state index contributed by atoms with van der Waals surface area (Å²) in [5.74, 6) is -18.3. The van der Waals surface area contributed by atoms with Crippen LogP contribution in [0.4, 0.5) is 30.7 Å². The van der Waals surface area contributed by atoms with E-state index in [9.17, 15) is 30.7 Å². The van der Waals surface area contributed by atoms with Crippen LogP contribution in [0.25, 0.3) is 16.3 Å². The maximum absolute atomic E-state index is 13.6. The summed E-state index contributed by atoms with van der Waals surface area (Å²) in [7, 11) is -2.84. The lowest BCUT2D eigenvalue weighted by molar-refractivity contribution is 0.279. The third-order valence-corrected chi connectivity index (χ3v) is 5.71. The van der Waals surface area contributed by atoms with Crippen LogP contribution in [-0.2, 0) is 0 Å². The Labute approximate surface area is 224 Å². The fourth-order valence-corrected chi connectivity index (χ4v) is 4.00. The Morgan fingerprint density at radius 1 is 0.600 bits per heavy atom. The molecule has 1 aliphatic rings. The fraction of sp³-hybridized carbons (Fsp3) is 0. The molecule has 0 amide bonds. The van der Waals surface area contributed by atoms with Gasteiger partial charge in [-0.05, 0) is 24.3 Å². The number of halogens is 7. The Morgan fingerprint density at radius 3 is 1.52 bits per heavy atom. The summed E-state index contributed by atoms with van der Waals surface area (Å²) in [6.45, 7) is 0.